The summed E-state index contributed by atoms with van der Waals surface area (Å²) in [5.41, 5.74) is 5.12. The average Bonchev–Trinajstić information content (AvgIpc) is 3.44. The second-order valence-electron chi connectivity index (χ2n) is 13.6. The summed E-state index contributed by atoms with van der Waals surface area (Å²) in [6.45, 7) is 2.57. The van der Waals surface area contributed by atoms with Crippen LogP contribution in [0.4, 0.5) is 0 Å². The molecule has 5 N–H and O–H groups in total. The van der Waals surface area contributed by atoms with E-state index in [0.717, 1.165) is 12.1 Å². The number of benzene rings is 3. The van der Waals surface area contributed by atoms with Gasteiger partial charge in [0.2, 0.25) is 23.3 Å². The predicted molar refractivity (Wildman–Crippen MR) is 201 cm³/mol. The zero-order valence-electron chi connectivity index (χ0n) is 30.0. The number of ether oxygens (including phenoxy) is 3. The lowest BCUT2D eigenvalue weighted by Crippen LogP contribution is -2.71. The van der Waals surface area contributed by atoms with E-state index in [0.29, 0.717) is 5.56 Å². The third kappa shape index (κ3) is 7.39. The van der Waals surface area contributed by atoms with Gasteiger partial charge in [-0.15, -0.1) is 11.8 Å². The summed E-state index contributed by atoms with van der Waals surface area (Å²) in [5.74, 6) is -6.09. The molecule has 0 spiro atoms. The highest BCUT2D eigenvalue weighted by Gasteiger charge is 2.64. The van der Waals surface area contributed by atoms with Crippen molar-refractivity contribution < 1.29 is 57.2 Å². The molecule has 5 aromatic rings. The molecule has 294 valence electrons. The van der Waals surface area contributed by atoms with E-state index in [4.69, 9.17) is 28.8 Å². The fourth-order valence-corrected chi connectivity index (χ4v) is 8.32. The molecule has 2 amide bonds. The van der Waals surface area contributed by atoms with E-state index in [1.165, 1.54) is 53.1 Å². The lowest BCUT2D eigenvalue weighted by molar-refractivity contribution is -0.169. The van der Waals surface area contributed by atoms with Crippen molar-refractivity contribution in [2.24, 2.45) is 5.73 Å². The minimum atomic E-state index is -1.45. The van der Waals surface area contributed by atoms with Crippen LogP contribution in [0, 0.1) is 0 Å². The third-order valence-corrected chi connectivity index (χ3v) is 11.0. The molecule has 2 fully saturated rings. The number of carbonyl (C=O) groups excluding carboxylic acids is 3. The minimum Gasteiger partial charge on any atom is -0.489 e. The summed E-state index contributed by atoms with van der Waals surface area (Å²) >= 11 is 1.29. The van der Waals surface area contributed by atoms with Crippen LogP contribution < -0.4 is 31.4 Å². The number of nitrogens with zero attached hydrogens (tertiary/aromatic N) is 1. The third-order valence-electron chi connectivity index (χ3n) is 9.39. The Kier molecular flexibility index (Phi) is 10.2. The first kappa shape index (κ1) is 38.6. The van der Waals surface area contributed by atoms with Crippen molar-refractivity contribution in [3.05, 3.63) is 116 Å². The lowest BCUT2D eigenvalue weighted by Gasteiger charge is -2.44. The average molecular weight is 800 g/mol. The Morgan fingerprint density at radius 2 is 1.35 bits per heavy atom. The number of carboxylic acids is 2. The number of carbonyl (C=O) groups is 5. The van der Waals surface area contributed by atoms with Crippen molar-refractivity contribution >= 4 is 63.4 Å². The van der Waals surface area contributed by atoms with Crippen LogP contribution in [-0.2, 0) is 19.1 Å². The number of hydrogen-bond acceptors (Lipinski definition) is 14. The van der Waals surface area contributed by atoms with Crippen LogP contribution in [-0.4, -0.2) is 86.4 Å². The van der Waals surface area contributed by atoms with Gasteiger partial charge in [-0.05, 0) is 43.7 Å². The van der Waals surface area contributed by atoms with Crippen LogP contribution in [0.5, 0.6) is 11.5 Å². The number of hydrogen-bond donors (Lipinski definition) is 4. The maximum absolute atomic E-state index is 14.1. The van der Waals surface area contributed by atoms with Gasteiger partial charge < -0.3 is 49.2 Å². The molecule has 2 aromatic heterocycles. The van der Waals surface area contributed by atoms with E-state index in [2.05, 4.69) is 5.32 Å². The van der Waals surface area contributed by atoms with Crippen LogP contribution in [0.15, 0.2) is 97.3 Å². The van der Waals surface area contributed by atoms with Gasteiger partial charge in [0.15, 0.2) is 17.0 Å². The Morgan fingerprint density at radius 1 is 0.825 bits per heavy atom. The van der Waals surface area contributed by atoms with E-state index in [-0.39, 0.29) is 33.4 Å². The van der Waals surface area contributed by atoms with Gasteiger partial charge in [0, 0.05) is 16.9 Å². The Labute approximate surface area is 325 Å². The highest BCUT2D eigenvalue weighted by atomic mass is 32.2. The largest absolute Gasteiger partial charge is 0.489 e. The quantitative estimate of drug-likeness (QED) is 0.0986. The molecule has 0 saturated carbocycles. The van der Waals surface area contributed by atoms with E-state index < -0.39 is 99.7 Å². The summed E-state index contributed by atoms with van der Waals surface area (Å²) in [4.78, 5) is 90.9. The predicted octanol–water partition coefficient (Wildman–Crippen LogP) is 2.91. The number of aromatic carboxylic acids is 2. The number of β-lactam (4-membered cyclic amide) rings is 1. The fourth-order valence-electron chi connectivity index (χ4n) is 6.70. The minimum absolute atomic E-state index is 0.0340. The molecule has 0 bridgehead atoms. The molecule has 4 heterocycles. The van der Waals surface area contributed by atoms with E-state index >= 15 is 0 Å². The van der Waals surface area contributed by atoms with Gasteiger partial charge in [-0.3, -0.25) is 19.2 Å². The van der Waals surface area contributed by atoms with Crippen molar-refractivity contribution in [3.8, 4) is 11.5 Å². The molecule has 4 atom stereocenters. The Hall–Kier alpha value is -6.66. The van der Waals surface area contributed by atoms with Crippen LogP contribution in [0.2, 0.25) is 0 Å². The Bertz CT molecular complexity index is 2460. The van der Waals surface area contributed by atoms with E-state index in [1.54, 1.807) is 44.2 Å². The summed E-state index contributed by atoms with van der Waals surface area (Å²) in [5, 5.41) is 20.6. The molecule has 57 heavy (non-hydrogen) atoms. The van der Waals surface area contributed by atoms with Crippen molar-refractivity contribution in [3.63, 3.8) is 0 Å². The summed E-state index contributed by atoms with van der Waals surface area (Å²) in [6, 6.07) is 15.6. The molecule has 3 aromatic carbocycles. The second kappa shape index (κ2) is 15.1. The number of fused-ring (bicyclic) bond motifs is 3. The van der Waals surface area contributed by atoms with Gasteiger partial charge in [-0.2, -0.15) is 0 Å². The lowest BCUT2D eigenvalue weighted by atomic mass is 9.95. The van der Waals surface area contributed by atoms with Crippen LogP contribution in [0.3, 0.4) is 0 Å². The topological polar surface area (TPSA) is 255 Å². The van der Waals surface area contributed by atoms with Gasteiger partial charge in [0.25, 0.3) is 0 Å². The van der Waals surface area contributed by atoms with Gasteiger partial charge in [-0.1, -0.05) is 42.5 Å². The number of rotatable bonds is 13. The number of carboxylic acid groups (broad SMARTS) is 2. The van der Waals surface area contributed by atoms with Crippen molar-refractivity contribution in [1.29, 1.82) is 0 Å². The monoisotopic (exact) mass is 799 g/mol. The maximum atomic E-state index is 14.1. The Balaban J connectivity index is 1.13. The van der Waals surface area contributed by atoms with Crippen LogP contribution in [0.25, 0.3) is 21.9 Å². The van der Waals surface area contributed by atoms with Gasteiger partial charge in [-0.25, -0.2) is 14.4 Å². The standard InChI is InChI=1S/C39H33N3O14S/c1-39(2)32(42-34(46)31(35(42)57-39)41-33(45)30(40)18-8-4-3-5-9-18)38(51)54-19(16-52-22-10-6-12-24-28(22)20(43)14-26(55-24)36(47)48)17-53-23-11-7-13-25-29(23)21(44)15-27(56-25)37(49)50/h3-15,19,30-32,35H,16-17,40H2,1-2H3,(H,41,45)(H,47,48)(H,49,50)/t30-,31-,32+,35-/m1/s1. The summed E-state index contributed by atoms with van der Waals surface area (Å²) in [7, 11) is 0. The van der Waals surface area contributed by atoms with Crippen molar-refractivity contribution in [2.45, 2.75) is 48.2 Å². The van der Waals surface area contributed by atoms with Crippen molar-refractivity contribution in [2.75, 3.05) is 13.2 Å². The molecule has 0 unspecified atom stereocenters. The SMILES string of the molecule is CC1(C)S[C@@H]2[C@H](NC(=O)[C@H](N)c3ccccc3)C(=O)N2[C@H]1C(=O)OC(COc1cccc2oc(C(=O)O)cc(=O)c12)COc1cccc2oc(C(=O)O)cc(=O)c12. The van der Waals surface area contributed by atoms with E-state index in [9.17, 15) is 43.8 Å². The molecular formula is C39H33N3O14S. The zero-order valence-corrected chi connectivity index (χ0v) is 30.8. The first-order valence-electron chi connectivity index (χ1n) is 17.3. The molecule has 0 aliphatic carbocycles. The van der Waals surface area contributed by atoms with Gasteiger partial charge in [0.1, 0.15) is 70.2 Å². The molecule has 2 aliphatic rings. The Morgan fingerprint density at radius 3 is 1.86 bits per heavy atom. The zero-order chi connectivity index (χ0) is 40.8. The van der Waals surface area contributed by atoms with E-state index in [1.807, 2.05) is 0 Å². The van der Waals surface area contributed by atoms with Crippen molar-refractivity contribution in [1.82, 2.24) is 10.2 Å². The smallest absolute Gasteiger partial charge is 0.371 e. The second-order valence-corrected chi connectivity index (χ2v) is 15.4. The molecule has 2 saturated heterocycles. The molecule has 7 rings (SSSR count). The molecular weight excluding hydrogens is 767 g/mol. The molecule has 18 heteroatoms. The highest BCUT2D eigenvalue weighted by molar-refractivity contribution is 8.01. The first-order valence-corrected chi connectivity index (χ1v) is 18.2. The highest BCUT2D eigenvalue weighted by Crippen LogP contribution is 2.51. The molecule has 2 aliphatic heterocycles. The molecule has 0 radical (unpaired) electrons. The fraction of sp³-hybridized carbons (Fsp3) is 0.256. The summed E-state index contributed by atoms with van der Waals surface area (Å²) < 4.78 is 27.7. The molecule has 17 nitrogen and oxygen atoms in total. The summed E-state index contributed by atoms with van der Waals surface area (Å²) in [6.07, 6.45) is -1.28. The maximum Gasteiger partial charge on any atom is 0.371 e. The van der Waals surface area contributed by atoms with Gasteiger partial charge in [0.05, 0.1) is 0 Å². The van der Waals surface area contributed by atoms with Gasteiger partial charge >= 0.3 is 17.9 Å². The normalized spacial score (nSPS) is 18.8. The number of nitrogens with two attached hydrogens (primary N) is 1. The number of esters is 1. The number of amides is 2. The number of thioether (sulfide) groups is 1. The first-order chi connectivity index (χ1) is 27.1. The number of nitrogens with one attached hydrogen (secondary N) is 1. The van der Waals surface area contributed by atoms with Crippen LogP contribution in [0.1, 0.15) is 46.6 Å². The van der Waals surface area contributed by atoms with Crippen LogP contribution >= 0.6 is 11.8 Å².